The predicted molar refractivity (Wildman–Crippen MR) is 89.0 cm³/mol. The Balaban J connectivity index is 1.33. The summed E-state index contributed by atoms with van der Waals surface area (Å²) < 4.78 is 2.08. The number of amides is 3. The van der Waals surface area contributed by atoms with Gasteiger partial charge in [-0.2, -0.15) is 0 Å². The SMILES string of the molecule is O=C(Cc1csc(N2CCNC2=O)n1)N[C@H]1CCc2nccn2C1. The van der Waals surface area contributed by atoms with E-state index in [1.54, 1.807) is 11.1 Å². The van der Waals surface area contributed by atoms with E-state index in [0.717, 1.165) is 25.2 Å². The van der Waals surface area contributed by atoms with Crippen molar-refractivity contribution in [3.8, 4) is 0 Å². The van der Waals surface area contributed by atoms with Gasteiger partial charge in [-0.15, -0.1) is 11.3 Å². The summed E-state index contributed by atoms with van der Waals surface area (Å²) in [7, 11) is 0. The molecule has 126 valence electrons. The van der Waals surface area contributed by atoms with Gasteiger partial charge in [0, 0.05) is 49.9 Å². The molecule has 0 unspecified atom stereocenters. The van der Waals surface area contributed by atoms with E-state index < -0.39 is 0 Å². The second-order valence-electron chi connectivity index (χ2n) is 5.98. The maximum atomic E-state index is 12.3. The largest absolute Gasteiger partial charge is 0.351 e. The van der Waals surface area contributed by atoms with Gasteiger partial charge in [-0.1, -0.05) is 0 Å². The van der Waals surface area contributed by atoms with E-state index in [1.807, 2.05) is 11.6 Å². The second-order valence-corrected chi connectivity index (χ2v) is 6.82. The lowest BCUT2D eigenvalue weighted by atomic mass is 10.1. The first kappa shape index (κ1) is 15.1. The van der Waals surface area contributed by atoms with E-state index in [4.69, 9.17) is 0 Å². The molecule has 2 aliphatic heterocycles. The van der Waals surface area contributed by atoms with E-state index in [1.165, 1.54) is 11.3 Å². The molecule has 0 saturated carbocycles. The quantitative estimate of drug-likeness (QED) is 0.845. The number of aromatic nitrogens is 3. The van der Waals surface area contributed by atoms with Crippen molar-refractivity contribution < 1.29 is 9.59 Å². The zero-order valence-corrected chi connectivity index (χ0v) is 13.9. The van der Waals surface area contributed by atoms with Crippen LogP contribution in [0.1, 0.15) is 17.9 Å². The number of aryl methyl sites for hydroxylation is 1. The number of nitrogens with one attached hydrogen (secondary N) is 2. The van der Waals surface area contributed by atoms with E-state index in [-0.39, 0.29) is 24.4 Å². The van der Waals surface area contributed by atoms with Gasteiger partial charge in [-0.25, -0.2) is 14.8 Å². The van der Waals surface area contributed by atoms with Gasteiger partial charge in [0.1, 0.15) is 5.82 Å². The molecule has 4 rings (SSSR count). The number of imidazole rings is 1. The van der Waals surface area contributed by atoms with Crippen LogP contribution < -0.4 is 15.5 Å². The van der Waals surface area contributed by atoms with Gasteiger partial charge in [0.15, 0.2) is 5.13 Å². The lowest BCUT2D eigenvalue weighted by Crippen LogP contribution is -2.41. The lowest BCUT2D eigenvalue weighted by molar-refractivity contribution is -0.121. The Labute approximate surface area is 142 Å². The summed E-state index contributed by atoms with van der Waals surface area (Å²) in [5.74, 6) is 1.04. The van der Waals surface area contributed by atoms with Crippen LogP contribution in [0.5, 0.6) is 0 Å². The van der Waals surface area contributed by atoms with Gasteiger partial charge >= 0.3 is 6.03 Å². The number of urea groups is 1. The van der Waals surface area contributed by atoms with E-state index in [2.05, 4.69) is 25.2 Å². The number of rotatable bonds is 4. The first-order chi connectivity index (χ1) is 11.7. The zero-order chi connectivity index (χ0) is 16.5. The highest BCUT2D eigenvalue weighted by Gasteiger charge is 2.25. The van der Waals surface area contributed by atoms with Crippen molar-refractivity contribution in [3.63, 3.8) is 0 Å². The maximum absolute atomic E-state index is 12.3. The second kappa shape index (κ2) is 6.23. The molecule has 2 aromatic heterocycles. The Morgan fingerprint density at radius 2 is 2.42 bits per heavy atom. The van der Waals surface area contributed by atoms with Crippen LogP contribution >= 0.6 is 11.3 Å². The fourth-order valence-corrected chi connectivity index (χ4v) is 3.93. The van der Waals surface area contributed by atoms with Crippen molar-refractivity contribution in [2.75, 3.05) is 18.0 Å². The minimum absolute atomic E-state index is 0.0358. The third-order valence-electron chi connectivity index (χ3n) is 4.27. The van der Waals surface area contributed by atoms with Crippen LogP contribution in [0, 0.1) is 0 Å². The van der Waals surface area contributed by atoms with Crippen LogP contribution in [-0.2, 0) is 24.2 Å². The normalized spacial score (nSPS) is 19.9. The van der Waals surface area contributed by atoms with Gasteiger partial charge in [0.05, 0.1) is 12.1 Å². The number of nitrogens with zero attached hydrogens (tertiary/aromatic N) is 4. The van der Waals surface area contributed by atoms with Crippen LogP contribution in [0.3, 0.4) is 0 Å². The monoisotopic (exact) mass is 346 g/mol. The minimum atomic E-state index is -0.126. The number of carbonyl (C=O) groups excluding carboxylic acids is 2. The molecular formula is C15H18N6O2S. The number of hydrogen-bond donors (Lipinski definition) is 2. The molecule has 1 atom stereocenters. The van der Waals surface area contributed by atoms with E-state index in [9.17, 15) is 9.59 Å². The van der Waals surface area contributed by atoms with Gasteiger partial charge in [0.2, 0.25) is 5.91 Å². The smallest absolute Gasteiger partial charge is 0.323 e. The molecule has 0 aromatic carbocycles. The van der Waals surface area contributed by atoms with Crippen LogP contribution in [0.25, 0.3) is 0 Å². The Kier molecular flexibility index (Phi) is 3.93. The molecule has 2 aromatic rings. The maximum Gasteiger partial charge on any atom is 0.323 e. The number of thiazole rings is 1. The van der Waals surface area contributed by atoms with Crippen molar-refractivity contribution in [1.29, 1.82) is 0 Å². The third kappa shape index (κ3) is 2.99. The topological polar surface area (TPSA) is 92.2 Å². The molecule has 1 saturated heterocycles. The molecule has 24 heavy (non-hydrogen) atoms. The fourth-order valence-electron chi connectivity index (χ4n) is 3.08. The molecule has 4 heterocycles. The molecule has 2 N–H and O–H groups in total. The summed E-state index contributed by atoms with van der Waals surface area (Å²) in [5, 5.41) is 8.30. The van der Waals surface area contributed by atoms with Gasteiger partial charge < -0.3 is 15.2 Å². The highest BCUT2D eigenvalue weighted by atomic mass is 32.1. The van der Waals surface area contributed by atoms with Crippen LogP contribution in [0.15, 0.2) is 17.8 Å². The predicted octanol–water partition coefficient (Wildman–Crippen LogP) is 0.543. The lowest BCUT2D eigenvalue weighted by Gasteiger charge is -2.24. The molecule has 1 fully saturated rings. The van der Waals surface area contributed by atoms with Crippen molar-refractivity contribution in [3.05, 3.63) is 29.3 Å². The van der Waals surface area contributed by atoms with Crippen molar-refractivity contribution in [1.82, 2.24) is 25.2 Å². The number of anilines is 1. The van der Waals surface area contributed by atoms with Crippen molar-refractivity contribution in [2.45, 2.75) is 31.8 Å². The Hall–Kier alpha value is -2.42. The summed E-state index contributed by atoms with van der Waals surface area (Å²) in [4.78, 5) is 34.2. The summed E-state index contributed by atoms with van der Waals surface area (Å²) >= 11 is 1.39. The molecule has 3 amide bonds. The average molecular weight is 346 g/mol. The highest BCUT2D eigenvalue weighted by Crippen LogP contribution is 2.22. The number of carbonyl (C=O) groups is 2. The molecule has 0 spiro atoms. The van der Waals surface area contributed by atoms with Gasteiger partial charge in [-0.05, 0) is 6.42 Å². The molecule has 0 aliphatic carbocycles. The standard InChI is InChI=1S/C15H18N6O2S/c22-13(18-10-1-2-12-16-3-5-20(12)8-10)7-11-9-24-15(19-11)21-6-4-17-14(21)23/h3,5,9-10H,1-2,4,6-8H2,(H,17,23)(H,18,22)/t10-/m0/s1. The van der Waals surface area contributed by atoms with Crippen LogP contribution in [0.4, 0.5) is 9.93 Å². The van der Waals surface area contributed by atoms with E-state index in [0.29, 0.717) is 23.9 Å². The number of fused-ring (bicyclic) bond motifs is 1. The summed E-state index contributed by atoms with van der Waals surface area (Å²) in [6, 6.07) is 0.000333. The molecule has 0 bridgehead atoms. The number of hydrogen-bond acceptors (Lipinski definition) is 5. The minimum Gasteiger partial charge on any atom is -0.351 e. The first-order valence-electron chi connectivity index (χ1n) is 7.98. The zero-order valence-electron chi connectivity index (χ0n) is 13.1. The molecule has 9 heteroatoms. The van der Waals surface area contributed by atoms with Crippen molar-refractivity contribution >= 4 is 28.4 Å². The molecular weight excluding hydrogens is 328 g/mol. The molecule has 0 radical (unpaired) electrons. The summed E-state index contributed by atoms with van der Waals surface area (Å²) in [6.45, 7) is 2.01. The highest BCUT2D eigenvalue weighted by molar-refractivity contribution is 7.14. The summed E-state index contributed by atoms with van der Waals surface area (Å²) in [5.41, 5.74) is 0.700. The fraction of sp³-hybridized carbons (Fsp3) is 0.467. The Morgan fingerprint density at radius 1 is 1.50 bits per heavy atom. The van der Waals surface area contributed by atoms with Crippen LogP contribution in [0.2, 0.25) is 0 Å². The first-order valence-corrected chi connectivity index (χ1v) is 8.86. The van der Waals surface area contributed by atoms with E-state index >= 15 is 0 Å². The third-order valence-corrected chi connectivity index (χ3v) is 5.18. The Morgan fingerprint density at radius 3 is 3.25 bits per heavy atom. The van der Waals surface area contributed by atoms with Crippen molar-refractivity contribution in [2.24, 2.45) is 0 Å². The molecule has 8 nitrogen and oxygen atoms in total. The Bertz CT molecular complexity index is 770. The molecule has 2 aliphatic rings. The average Bonchev–Trinajstić information content (AvgIpc) is 3.27. The summed E-state index contributed by atoms with van der Waals surface area (Å²) in [6.07, 6.45) is 5.76. The van der Waals surface area contributed by atoms with Gasteiger partial charge in [-0.3, -0.25) is 9.69 Å². The van der Waals surface area contributed by atoms with Gasteiger partial charge in [0.25, 0.3) is 0 Å². The van der Waals surface area contributed by atoms with Crippen LogP contribution in [-0.4, -0.2) is 45.6 Å².